The molecule has 6 nitrogen and oxygen atoms in total. The number of nitrogens with zero attached hydrogens (tertiary/aromatic N) is 3. The lowest BCUT2D eigenvalue weighted by Crippen LogP contribution is -2.14. The maximum atomic E-state index is 12.8. The van der Waals surface area contributed by atoms with Gasteiger partial charge < -0.3 is 0 Å². The normalized spacial score (nSPS) is 11.6. The first-order valence-electron chi connectivity index (χ1n) is 8.59. The van der Waals surface area contributed by atoms with Crippen LogP contribution in [0.2, 0.25) is 0 Å². The summed E-state index contributed by atoms with van der Waals surface area (Å²) in [5.74, 6) is -2.38. The number of benzene rings is 2. The number of amides is 1. The van der Waals surface area contributed by atoms with Gasteiger partial charge in [0.1, 0.15) is 0 Å². The Labute approximate surface area is 162 Å². The first-order chi connectivity index (χ1) is 13.8. The lowest BCUT2D eigenvalue weighted by atomic mass is 10.0. The van der Waals surface area contributed by atoms with Crippen LogP contribution in [0.25, 0.3) is 22.2 Å². The molecule has 0 saturated heterocycles. The van der Waals surface area contributed by atoms with Crippen molar-refractivity contribution in [3.8, 4) is 11.3 Å². The van der Waals surface area contributed by atoms with Gasteiger partial charge in [0.15, 0.2) is 0 Å². The molecule has 9 heteroatoms. The standard InChI is InChI=1S/C20H14F3N5O/c1-11-6-8-12(9-7-11)16-10-14(13-4-2-3-5-15(13)24-16)17(29)25-19-26-18(27-28-19)20(21,22)23/h2-10H,1H3,(H2,25,26,27,28,29). The van der Waals surface area contributed by atoms with Gasteiger partial charge in [-0.05, 0) is 19.1 Å². The molecule has 0 radical (unpaired) electrons. The quantitative estimate of drug-likeness (QED) is 0.529. The van der Waals surface area contributed by atoms with E-state index in [4.69, 9.17) is 0 Å². The number of carbonyl (C=O) groups is 1. The molecule has 1 amide bonds. The molecule has 0 saturated carbocycles. The fourth-order valence-corrected chi connectivity index (χ4v) is 2.85. The Morgan fingerprint density at radius 1 is 1.03 bits per heavy atom. The number of aryl methyl sites for hydroxylation is 1. The van der Waals surface area contributed by atoms with Gasteiger partial charge in [0.25, 0.3) is 5.91 Å². The molecule has 0 spiro atoms. The number of anilines is 1. The van der Waals surface area contributed by atoms with E-state index in [2.05, 4.69) is 20.4 Å². The third-order valence-corrected chi connectivity index (χ3v) is 4.29. The van der Waals surface area contributed by atoms with E-state index in [1.165, 1.54) is 0 Å². The van der Waals surface area contributed by atoms with E-state index in [1.807, 2.05) is 31.2 Å². The van der Waals surface area contributed by atoms with E-state index < -0.39 is 23.9 Å². The monoisotopic (exact) mass is 397 g/mol. The van der Waals surface area contributed by atoms with Crippen LogP contribution in [0.3, 0.4) is 0 Å². The molecular weight excluding hydrogens is 383 g/mol. The summed E-state index contributed by atoms with van der Waals surface area (Å²) in [6.07, 6.45) is -4.68. The first-order valence-corrected chi connectivity index (χ1v) is 8.59. The Hall–Kier alpha value is -3.75. The van der Waals surface area contributed by atoms with Gasteiger partial charge >= 0.3 is 6.18 Å². The van der Waals surface area contributed by atoms with Crippen molar-refractivity contribution in [2.75, 3.05) is 5.32 Å². The summed E-state index contributed by atoms with van der Waals surface area (Å²) in [5.41, 5.74) is 3.30. The number of hydrogen-bond donors (Lipinski definition) is 2. The number of rotatable bonds is 3. The van der Waals surface area contributed by atoms with Crippen LogP contribution < -0.4 is 5.32 Å². The molecule has 4 rings (SSSR count). The largest absolute Gasteiger partial charge is 0.451 e. The summed E-state index contributed by atoms with van der Waals surface area (Å²) < 4.78 is 38.1. The van der Waals surface area contributed by atoms with E-state index in [9.17, 15) is 18.0 Å². The number of carbonyl (C=O) groups excluding carboxylic acids is 1. The van der Waals surface area contributed by atoms with Crippen molar-refractivity contribution in [1.29, 1.82) is 0 Å². The molecular formula is C20H14F3N5O. The molecule has 2 aromatic heterocycles. The highest BCUT2D eigenvalue weighted by Gasteiger charge is 2.35. The minimum Gasteiger partial charge on any atom is -0.289 e. The summed E-state index contributed by atoms with van der Waals surface area (Å²) in [6, 6.07) is 16.3. The van der Waals surface area contributed by atoms with Crippen molar-refractivity contribution in [3.05, 3.63) is 71.5 Å². The zero-order valence-electron chi connectivity index (χ0n) is 15.1. The van der Waals surface area contributed by atoms with E-state index in [0.717, 1.165) is 11.1 Å². The number of para-hydroxylation sites is 1. The number of hydrogen-bond acceptors (Lipinski definition) is 4. The fourth-order valence-electron chi connectivity index (χ4n) is 2.85. The second kappa shape index (κ2) is 7.01. The van der Waals surface area contributed by atoms with Crippen molar-refractivity contribution in [1.82, 2.24) is 20.2 Å². The van der Waals surface area contributed by atoms with Crippen LogP contribution in [-0.4, -0.2) is 26.1 Å². The number of nitrogens with one attached hydrogen (secondary N) is 2. The average molecular weight is 397 g/mol. The Balaban J connectivity index is 1.74. The number of alkyl halides is 3. The summed E-state index contributed by atoms with van der Waals surface area (Å²) >= 11 is 0. The highest BCUT2D eigenvalue weighted by atomic mass is 19.4. The molecule has 4 aromatic rings. The Bertz CT molecular complexity index is 1200. The van der Waals surface area contributed by atoms with Crippen LogP contribution in [0.15, 0.2) is 54.6 Å². The van der Waals surface area contributed by atoms with E-state index in [-0.39, 0.29) is 5.56 Å². The van der Waals surface area contributed by atoms with Crippen LogP contribution in [0, 0.1) is 6.92 Å². The van der Waals surface area contributed by atoms with Crippen molar-refractivity contribution >= 4 is 22.8 Å². The van der Waals surface area contributed by atoms with Crippen LogP contribution in [0.5, 0.6) is 0 Å². The van der Waals surface area contributed by atoms with E-state index in [0.29, 0.717) is 16.6 Å². The van der Waals surface area contributed by atoms with Gasteiger partial charge in [-0.1, -0.05) is 48.0 Å². The average Bonchev–Trinajstić information content (AvgIpc) is 3.16. The minimum atomic E-state index is -4.68. The Morgan fingerprint density at radius 3 is 2.45 bits per heavy atom. The lowest BCUT2D eigenvalue weighted by molar-refractivity contribution is -0.144. The molecule has 0 fully saturated rings. The highest BCUT2D eigenvalue weighted by Crippen LogP contribution is 2.28. The van der Waals surface area contributed by atoms with Gasteiger partial charge in [-0.25, -0.2) is 4.98 Å². The molecule has 0 aliphatic rings. The summed E-state index contributed by atoms with van der Waals surface area (Å²) in [6.45, 7) is 1.96. The summed E-state index contributed by atoms with van der Waals surface area (Å²) in [5, 5.41) is 8.06. The van der Waals surface area contributed by atoms with Crippen molar-refractivity contribution in [2.45, 2.75) is 13.1 Å². The number of fused-ring (bicyclic) bond motifs is 1. The Morgan fingerprint density at radius 2 is 1.76 bits per heavy atom. The number of halogens is 3. The third kappa shape index (κ3) is 3.79. The molecule has 0 unspecified atom stereocenters. The fraction of sp³-hybridized carbons (Fsp3) is 0.100. The summed E-state index contributed by atoms with van der Waals surface area (Å²) in [7, 11) is 0. The van der Waals surface area contributed by atoms with Gasteiger partial charge in [-0.15, -0.1) is 5.10 Å². The SMILES string of the molecule is Cc1ccc(-c2cc(C(=O)Nc3n[nH]c(C(F)(F)F)n3)c3ccccc3n2)cc1. The van der Waals surface area contributed by atoms with Crippen molar-refractivity contribution in [3.63, 3.8) is 0 Å². The van der Waals surface area contributed by atoms with E-state index >= 15 is 0 Å². The van der Waals surface area contributed by atoms with Crippen molar-refractivity contribution in [2.24, 2.45) is 0 Å². The number of H-pyrrole nitrogens is 1. The second-order valence-electron chi connectivity index (χ2n) is 6.40. The topological polar surface area (TPSA) is 83.6 Å². The number of aromatic nitrogens is 4. The number of pyridine rings is 1. The smallest absolute Gasteiger partial charge is 0.289 e. The number of aromatic amines is 1. The van der Waals surface area contributed by atoms with Crippen molar-refractivity contribution < 1.29 is 18.0 Å². The first kappa shape index (κ1) is 18.6. The molecule has 29 heavy (non-hydrogen) atoms. The highest BCUT2D eigenvalue weighted by molar-refractivity contribution is 6.12. The summed E-state index contributed by atoms with van der Waals surface area (Å²) in [4.78, 5) is 20.7. The maximum Gasteiger partial charge on any atom is 0.451 e. The van der Waals surface area contributed by atoms with Gasteiger partial charge in [-0.2, -0.15) is 18.2 Å². The molecule has 2 aromatic carbocycles. The minimum absolute atomic E-state index is 0.254. The predicted octanol–water partition coefficient (Wildman–Crippen LogP) is 4.60. The molecule has 0 bridgehead atoms. The van der Waals surface area contributed by atoms with Gasteiger partial charge in [-0.3, -0.25) is 15.2 Å². The predicted molar refractivity (Wildman–Crippen MR) is 101 cm³/mol. The van der Waals surface area contributed by atoms with Crippen LogP contribution in [0.1, 0.15) is 21.7 Å². The molecule has 2 N–H and O–H groups in total. The second-order valence-corrected chi connectivity index (χ2v) is 6.40. The lowest BCUT2D eigenvalue weighted by Gasteiger charge is -2.09. The molecule has 0 aliphatic carbocycles. The van der Waals surface area contributed by atoms with Gasteiger partial charge in [0, 0.05) is 10.9 Å². The molecule has 146 valence electrons. The zero-order chi connectivity index (χ0) is 20.6. The molecule has 2 heterocycles. The van der Waals surface area contributed by atoms with Crippen LogP contribution >= 0.6 is 0 Å². The van der Waals surface area contributed by atoms with Gasteiger partial charge in [0.2, 0.25) is 11.8 Å². The van der Waals surface area contributed by atoms with Gasteiger partial charge in [0.05, 0.1) is 16.8 Å². The molecule has 0 atom stereocenters. The molecule has 0 aliphatic heterocycles. The zero-order valence-corrected chi connectivity index (χ0v) is 15.1. The van der Waals surface area contributed by atoms with Crippen LogP contribution in [-0.2, 0) is 6.18 Å². The van der Waals surface area contributed by atoms with Crippen LogP contribution in [0.4, 0.5) is 19.1 Å². The maximum absolute atomic E-state index is 12.8. The third-order valence-electron chi connectivity index (χ3n) is 4.29. The van der Waals surface area contributed by atoms with E-state index in [1.54, 1.807) is 35.4 Å². The Kier molecular flexibility index (Phi) is 4.50.